The third-order valence-electron chi connectivity index (χ3n) is 3.39. The number of hydrogen-bond acceptors (Lipinski definition) is 6. The Kier molecular flexibility index (Phi) is 6.47. The maximum absolute atomic E-state index is 11.6. The van der Waals surface area contributed by atoms with Crippen molar-refractivity contribution in [3.05, 3.63) is 45.0 Å². The number of nitrogens with zero attached hydrogens (tertiary/aromatic N) is 4. The van der Waals surface area contributed by atoms with Gasteiger partial charge in [0.25, 0.3) is 5.56 Å². The first-order valence-corrected chi connectivity index (χ1v) is 7.93. The zero-order chi connectivity index (χ0) is 17.4. The molecule has 0 spiro atoms. The summed E-state index contributed by atoms with van der Waals surface area (Å²) >= 11 is 0. The number of hydrogen-bond donors (Lipinski definition) is 1. The van der Waals surface area contributed by atoms with Crippen LogP contribution in [-0.4, -0.2) is 37.1 Å². The van der Waals surface area contributed by atoms with Crippen LogP contribution in [0, 0.1) is 0 Å². The standard InChI is InChI=1S/C15H21N5O4/c1-2-24-14(22)6-4-3-5-8-20-11-12(17-18-20)10-19-9-7-13(21)16-15(19)23/h7,9,11H,2-6,8,10H2,1H3,(H,16,21,23). The van der Waals surface area contributed by atoms with Crippen molar-refractivity contribution in [1.29, 1.82) is 0 Å². The Hall–Kier alpha value is -2.71. The highest BCUT2D eigenvalue weighted by molar-refractivity contribution is 5.69. The van der Waals surface area contributed by atoms with Gasteiger partial charge in [-0.05, 0) is 19.8 Å². The van der Waals surface area contributed by atoms with Crippen LogP contribution in [0.1, 0.15) is 38.3 Å². The molecule has 0 saturated carbocycles. The maximum atomic E-state index is 11.6. The normalized spacial score (nSPS) is 10.7. The van der Waals surface area contributed by atoms with Gasteiger partial charge < -0.3 is 4.74 Å². The highest BCUT2D eigenvalue weighted by Gasteiger charge is 2.05. The summed E-state index contributed by atoms with van der Waals surface area (Å²) in [4.78, 5) is 36.0. The summed E-state index contributed by atoms with van der Waals surface area (Å²) in [5, 5.41) is 8.02. The van der Waals surface area contributed by atoms with E-state index < -0.39 is 11.2 Å². The van der Waals surface area contributed by atoms with E-state index in [2.05, 4.69) is 15.3 Å². The number of aryl methyl sites for hydroxylation is 1. The summed E-state index contributed by atoms with van der Waals surface area (Å²) in [5.41, 5.74) is -0.269. The number of aromatic nitrogens is 5. The molecular formula is C15H21N5O4. The first kappa shape index (κ1) is 17.6. The second-order valence-electron chi connectivity index (χ2n) is 5.33. The fraction of sp³-hybridized carbons (Fsp3) is 0.533. The van der Waals surface area contributed by atoms with Gasteiger partial charge in [-0.25, -0.2) is 4.79 Å². The van der Waals surface area contributed by atoms with E-state index in [1.807, 2.05) is 0 Å². The second kappa shape index (κ2) is 8.80. The number of ether oxygens (including phenoxy) is 1. The second-order valence-corrected chi connectivity index (χ2v) is 5.33. The fourth-order valence-corrected chi connectivity index (χ4v) is 2.22. The quantitative estimate of drug-likeness (QED) is 0.521. The molecule has 9 heteroatoms. The van der Waals surface area contributed by atoms with Gasteiger partial charge >= 0.3 is 11.7 Å². The highest BCUT2D eigenvalue weighted by atomic mass is 16.5. The lowest BCUT2D eigenvalue weighted by atomic mass is 10.2. The van der Waals surface area contributed by atoms with Crippen molar-refractivity contribution in [2.75, 3.05) is 6.61 Å². The van der Waals surface area contributed by atoms with E-state index in [9.17, 15) is 14.4 Å². The van der Waals surface area contributed by atoms with Crippen molar-refractivity contribution in [2.45, 2.75) is 45.7 Å². The van der Waals surface area contributed by atoms with Crippen LogP contribution >= 0.6 is 0 Å². The molecule has 0 unspecified atom stereocenters. The van der Waals surface area contributed by atoms with Gasteiger partial charge in [-0.3, -0.25) is 23.8 Å². The van der Waals surface area contributed by atoms with Gasteiger partial charge in [0, 0.05) is 25.2 Å². The lowest BCUT2D eigenvalue weighted by molar-refractivity contribution is -0.143. The number of unbranched alkanes of at least 4 members (excludes halogenated alkanes) is 2. The van der Waals surface area contributed by atoms with Gasteiger partial charge in [0.15, 0.2) is 0 Å². The minimum Gasteiger partial charge on any atom is -0.466 e. The maximum Gasteiger partial charge on any atom is 0.328 e. The Balaban J connectivity index is 1.76. The van der Waals surface area contributed by atoms with Gasteiger partial charge in [-0.1, -0.05) is 11.6 Å². The Bertz CT molecular complexity index is 776. The predicted molar refractivity (Wildman–Crippen MR) is 85.5 cm³/mol. The molecule has 0 saturated heterocycles. The minimum absolute atomic E-state index is 0.160. The number of carbonyl (C=O) groups is 1. The van der Waals surface area contributed by atoms with E-state index in [0.29, 0.717) is 25.3 Å². The van der Waals surface area contributed by atoms with E-state index in [-0.39, 0.29) is 12.5 Å². The molecule has 2 aromatic heterocycles. The van der Waals surface area contributed by atoms with Crippen molar-refractivity contribution in [1.82, 2.24) is 24.5 Å². The zero-order valence-corrected chi connectivity index (χ0v) is 13.6. The van der Waals surface area contributed by atoms with Crippen LogP contribution in [-0.2, 0) is 22.6 Å². The van der Waals surface area contributed by atoms with E-state index in [1.54, 1.807) is 17.8 Å². The average molecular weight is 335 g/mol. The molecule has 0 aliphatic heterocycles. The van der Waals surface area contributed by atoms with Gasteiger partial charge in [-0.2, -0.15) is 0 Å². The van der Waals surface area contributed by atoms with Crippen LogP contribution in [0.3, 0.4) is 0 Å². The smallest absolute Gasteiger partial charge is 0.328 e. The summed E-state index contributed by atoms with van der Waals surface area (Å²) < 4.78 is 7.93. The topological polar surface area (TPSA) is 112 Å². The monoisotopic (exact) mass is 335 g/mol. The lowest BCUT2D eigenvalue weighted by Crippen LogP contribution is -2.28. The summed E-state index contributed by atoms with van der Waals surface area (Å²) in [6.45, 7) is 3.15. The van der Waals surface area contributed by atoms with E-state index in [4.69, 9.17) is 4.74 Å². The SMILES string of the molecule is CCOC(=O)CCCCCn1cc(Cn2ccc(=O)[nH]c2=O)nn1. The molecule has 2 aromatic rings. The van der Waals surface area contributed by atoms with Crippen LogP contribution in [0.15, 0.2) is 28.0 Å². The predicted octanol–water partition coefficient (Wildman–Crippen LogP) is 0.300. The third kappa shape index (κ3) is 5.49. The number of nitrogens with one attached hydrogen (secondary N) is 1. The molecule has 0 atom stereocenters. The number of carbonyl (C=O) groups excluding carboxylic acids is 1. The first-order chi connectivity index (χ1) is 11.6. The van der Waals surface area contributed by atoms with Crippen molar-refractivity contribution < 1.29 is 9.53 Å². The molecule has 0 aliphatic carbocycles. The highest BCUT2D eigenvalue weighted by Crippen LogP contribution is 2.04. The van der Waals surface area contributed by atoms with Crippen molar-refractivity contribution >= 4 is 5.97 Å². The van der Waals surface area contributed by atoms with Gasteiger partial charge in [0.2, 0.25) is 0 Å². The Labute approximate surface area is 138 Å². The zero-order valence-electron chi connectivity index (χ0n) is 13.6. The number of H-pyrrole nitrogens is 1. The van der Waals surface area contributed by atoms with Crippen LogP contribution in [0.2, 0.25) is 0 Å². The molecule has 0 aliphatic rings. The molecule has 1 N–H and O–H groups in total. The molecule has 9 nitrogen and oxygen atoms in total. The van der Waals surface area contributed by atoms with Gasteiger partial charge in [0.05, 0.1) is 19.3 Å². The van der Waals surface area contributed by atoms with Crippen LogP contribution in [0.25, 0.3) is 0 Å². The van der Waals surface area contributed by atoms with Gasteiger partial charge in [0.1, 0.15) is 5.69 Å². The fourth-order valence-electron chi connectivity index (χ4n) is 2.22. The van der Waals surface area contributed by atoms with Crippen LogP contribution < -0.4 is 11.2 Å². The van der Waals surface area contributed by atoms with Crippen molar-refractivity contribution in [3.8, 4) is 0 Å². The van der Waals surface area contributed by atoms with E-state index in [1.165, 1.54) is 16.8 Å². The number of aromatic amines is 1. The summed E-state index contributed by atoms with van der Waals surface area (Å²) in [7, 11) is 0. The molecule has 0 bridgehead atoms. The average Bonchev–Trinajstić information content (AvgIpc) is 2.97. The van der Waals surface area contributed by atoms with E-state index >= 15 is 0 Å². The Morgan fingerprint density at radius 3 is 2.88 bits per heavy atom. The molecule has 130 valence electrons. The third-order valence-corrected chi connectivity index (χ3v) is 3.39. The summed E-state index contributed by atoms with van der Waals surface area (Å²) in [6, 6.07) is 1.29. The van der Waals surface area contributed by atoms with E-state index in [0.717, 1.165) is 19.3 Å². The van der Waals surface area contributed by atoms with Crippen LogP contribution in [0.5, 0.6) is 0 Å². The number of rotatable bonds is 9. The molecule has 2 heterocycles. The summed E-state index contributed by atoms with van der Waals surface area (Å²) in [5.74, 6) is -0.160. The van der Waals surface area contributed by atoms with Crippen molar-refractivity contribution in [3.63, 3.8) is 0 Å². The molecule has 24 heavy (non-hydrogen) atoms. The lowest BCUT2D eigenvalue weighted by Gasteiger charge is -2.02. The summed E-state index contributed by atoms with van der Waals surface area (Å²) in [6.07, 6.45) is 6.19. The molecule has 0 fully saturated rings. The molecule has 0 aromatic carbocycles. The molecule has 0 amide bonds. The minimum atomic E-state index is -0.476. The molecule has 2 rings (SSSR count). The largest absolute Gasteiger partial charge is 0.466 e. The first-order valence-electron chi connectivity index (χ1n) is 7.93. The molecule has 0 radical (unpaired) electrons. The Morgan fingerprint density at radius 1 is 1.29 bits per heavy atom. The van der Waals surface area contributed by atoms with Gasteiger partial charge in [-0.15, -0.1) is 5.10 Å². The van der Waals surface area contributed by atoms with Crippen molar-refractivity contribution in [2.24, 2.45) is 0 Å². The Morgan fingerprint density at radius 2 is 2.12 bits per heavy atom. The molecular weight excluding hydrogens is 314 g/mol. The number of esters is 1. The van der Waals surface area contributed by atoms with Crippen LogP contribution in [0.4, 0.5) is 0 Å².